The average molecular weight is 390 g/mol. The molecule has 0 bridgehead atoms. The van der Waals surface area contributed by atoms with Gasteiger partial charge in [0, 0.05) is 12.7 Å². The molecule has 28 heavy (non-hydrogen) atoms. The molecule has 0 saturated heterocycles. The Morgan fingerprint density at radius 2 is 1.82 bits per heavy atom. The maximum absolute atomic E-state index is 12.9. The summed E-state index contributed by atoms with van der Waals surface area (Å²) in [5.41, 5.74) is 2.11. The second-order valence-electron chi connectivity index (χ2n) is 6.91. The summed E-state index contributed by atoms with van der Waals surface area (Å²) in [5.74, 6) is -0.390. The van der Waals surface area contributed by atoms with Gasteiger partial charge < -0.3 is 23.8 Å². The number of aromatic nitrogens is 1. The predicted molar refractivity (Wildman–Crippen MR) is 101 cm³/mol. The lowest BCUT2D eigenvalue weighted by molar-refractivity contribution is 0.0376. The summed E-state index contributed by atoms with van der Waals surface area (Å²) in [6.07, 6.45) is -0.255. The zero-order valence-corrected chi connectivity index (χ0v) is 17.3. The number of hydrogen-bond acceptors (Lipinski definition) is 6. The van der Waals surface area contributed by atoms with Crippen LogP contribution in [0.2, 0.25) is 0 Å². The van der Waals surface area contributed by atoms with E-state index in [0.717, 1.165) is 0 Å². The first kappa shape index (κ1) is 21.3. The Kier molecular flexibility index (Phi) is 6.33. The van der Waals surface area contributed by atoms with Gasteiger partial charge in [0.1, 0.15) is 22.8 Å². The Morgan fingerprint density at radius 1 is 1.18 bits per heavy atom. The molecule has 0 aliphatic carbocycles. The fourth-order valence-electron chi connectivity index (χ4n) is 2.97. The minimum atomic E-state index is -0.495. The van der Waals surface area contributed by atoms with Crippen molar-refractivity contribution >= 4 is 17.8 Å². The Labute approximate surface area is 163 Å². The minimum absolute atomic E-state index is 0.153. The molecule has 0 aliphatic rings. The van der Waals surface area contributed by atoms with Crippen LogP contribution < -0.4 is 0 Å². The fourth-order valence-corrected chi connectivity index (χ4v) is 2.97. The molecule has 0 aliphatic heterocycles. The number of ether oxygens (including phenoxy) is 2. The van der Waals surface area contributed by atoms with Gasteiger partial charge >= 0.3 is 11.9 Å². The van der Waals surface area contributed by atoms with Gasteiger partial charge in [-0.2, -0.15) is 0 Å². The Bertz CT molecular complexity index is 906. The summed E-state index contributed by atoms with van der Waals surface area (Å²) >= 11 is 0. The highest BCUT2D eigenvalue weighted by molar-refractivity contribution is 6.00. The van der Waals surface area contributed by atoms with Gasteiger partial charge in [0.05, 0.1) is 25.3 Å². The number of hydrogen-bond donors (Lipinski definition) is 1. The number of methoxy groups -OCH3 is 1. The standard InChI is InChI=1S/C20H26N2O6/c1-10(2)27-20(25)16-11(3)17(21-12(16)4)18(23)22(6)9-14-8-15(13(5)28-14)19(24)26-7/h8,10,21H,9H2,1-7H3. The Hall–Kier alpha value is -3.03. The molecule has 0 radical (unpaired) electrons. The molecule has 152 valence electrons. The van der Waals surface area contributed by atoms with E-state index in [2.05, 4.69) is 4.98 Å². The van der Waals surface area contributed by atoms with E-state index < -0.39 is 11.9 Å². The van der Waals surface area contributed by atoms with Gasteiger partial charge in [-0.3, -0.25) is 4.79 Å². The molecule has 0 aromatic carbocycles. The number of aromatic amines is 1. The van der Waals surface area contributed by atoms with Crippen LogP contribution in [0.5, 0.6) is 0 Å². The second kappa shape index (κ2) is 8.33. The van der Waals surface area contributed by atoms with Crippen molar-refractivity contribution in [2.45, 2.75) is 47.3 Å². The van der Waals surface area contributed by atoms with Crippen molar-refractivity contribution in [2.24, 2.45) is 0 Å². The molecule has 1 amide bonds. The normalized spacial score (nSPS) is 10.9. The van der Waals surface area contributed by atoms with Crippen LogP contribution >= 0.6 is 0 Å². The third kappa shape index (κ3) is 4.27. The highest BCUT2D eigenvalue weighted by Gasteiger charge is 2.26. The van der Waals surface area contributed by atoms with Crippen LogP contribution in [-0.4, -0.2) is 48.0 Å². The number of carbonyl (C=O) groups is 3. The predicted octanol–water partition coefficient (Wildman–Crippen LogP) is 3.16. The maximum Gasteiger partial charge on any atom is 0.341 e. The number of carbonyl (C=O) groups excluding carboxylic acids is 3. The van der Waals surface area contributed by atoms with E-state index in [-0.39, 0.29) is 18.6 Å². The third-order valence-electron chi connectivity index (χ3n) is 4.31. The Balaban J connectivity index is 2.22. The zero-order valence-electron chi connectivity index (χ0n) is 17.3. The molecule has 8 nitrogen and oxygen atoms in total. The quantitative estimate of drug-likeness (QED) is 0.760. The number of esters is 2. The van der Waals surface area contributed by atoms with Crippen LogP contribution in [0.1, 0.15) is 67.8 Å². The molecular weight excluding hydrogens is 364 g/mol. The van der Waals surface area contributed by atoms with Crippen LogP contribution in [0.15, 0.2) is 10.5 Å². The van der Waals surface area contributed by atoms with Gasteiger partial charge in [0.15, 0.2) is 0 Å². The summed E-state index contributed by atoms with van der Waals surface area (Å²) < 4.78 is 15.5. The van der Waals surface area contributed by atoms with E-state index in [1.165, 1.54) is 12.0 Å². The fraction of sp³-hybridized carbons (Fsp3) is 0.450. The Morgan fingerprint density at radius 3 is 2.39 bits per heavy atom. The molecular formula is C20H26N2O6. The van der Waals surface area contributed by atoms with Gasteiger partial charge in [-0.15, -0.1) is 0 Å². The number of aryl methyl sites for hydroxylation is 2. The van der Waals surface area contributed by atoms with Crippen LogP contribution in [0.4, 0.5) is 0 Å². The van der Waals surface area contributed by atoms with Crippen molar-refractivity contribution in [1.82, 2.24) is 9.88 Å². The number of furan rings is 1. The number of H-pyrrole nitrogens is 1. The lowest BCUT2D eigenvalue weighted by Gasteiger charge is -2.15. The molecule has 0 atom stereocenters. The van der Waals surface area contributed by atoms with Crippen LogP contribution in [0, 0.1) is 20.8 Å². The molecule has 8 heteroatoms. The summed E-state index contributed by atoms with van der Waals surface area (Å²) in [7, 11) is 2.90. The topological polar surface area (TPSA) is 102 Å². The van der Waals surface area contributed by atoms with Gasteiger partial charge in [-0.25, -0.2) is 9.59 Å². The van der Waals surface area contributed by atoms with Gasteiger partial charge in [-0.05, 0) is 46.2 Å². The molecule has 0 saturated carbocycles. The largest absolute Gasteiger partial charge is 0.465 e. The average Bonchev–Trinajstić information content (AvgIpc) is 3.11. The number of nitrogens with one attached hydrogen (secondary N) is 1. The molecule has 2 rings (SSSR count). The van der Waals surface area contributed by atoms with Gasteiger partial charge in [-0.1, -0.05) is 0 Å². The monoisotopic (exact) mass is 390 g/mol. The maximum atomic E-state index is 12.9. The van der Waals surface area contributed by atoms with Crippen LogP contribution in [0.25, 0.3) is 0 Å². The summed E-state index contributed by atoms with van der Waals surface area (Å²) in [4.78, 5) is 41.3. The van der Waals surface area contributed by atoms with E-state index >= 15 is 0 Å². The minimum Gasteiger partial charge on any atom is -0.465 e. The van der Waals surface area contributed by atoms with Gasteiger partial charge in [0.2, 0.25) is 0 Å². The van der Waals surface area contributed by atoms with E-state index in [1.54, 1.807) is 47.7 Å². The molecule has 2 heterocycles. The number of nitrogens with zero attached hydrogens (tertiary/aromatic N) is 1. The SMILES string of the molecule is COC(=O)c1cc(CN(C)C(=O)c2[nH]c(C)c(C(=O)OC(C)C)c2C)oc1C. The molecule has 0 unspecified atom stereocenters. The third-order valence-corrected chi connectivity index (χ3v) is 4.31. The van der Waals surface area contributed by atoms with Crippen LogP contribution in [-0.2, 0) is 16.0 Å². The summed E-state index contributed by atoms with van der Waals surface area (Å²) in [6.45, 7) is 8.77. The zero-order chi connectivity index (χ0) is 21.2. The van der Waals surface area contributed by atoms with Crippen molar-refractivity contribution in [3.8, 4) is 0 Å². The lowest BCUT2D eigenvalue weighted by atomic mass is 10.1. The first-order chi connectivity index (χ1) is 13.1. The highest BCUT2D eigenvalue weighted by atomic mass is 16.5. The lowest BCUT2D eigenvalue weighted by Crippen LogP contribution is -2.27. The summed E-state index contributed by atoms with van der Waals surface area (Å²) in [5, 5.41) is 0. The first-order valence-electron chi connectivity index (χ1n) is 8.90. The van der Waals surface area contributed by atoms with Crippen molar-refractivity contribution < 1.29 is 28.3 Å². The smallest absolute Gasteiger partial charge is 0.341 e. The van der Waals surface area contributed by atoms with Crippen LogP contribution in [0.3, 0.4) is 0 Å². The van der Waals surface area contributed by atoms with E-state index in [0.29, 0.717) is 39.6 Å². The van der Waals surface area contributed by atoms with E-state index in [1.807, 2.05) is 0 Å². The number of rotatable bonds is 6. The van der Waals surface area contributed by atoms with E-state index in [4.69, 9.17) is 13.9 Å². The molecule has 0 spiro atoms. The van der Waals surface area contributed by atoms with Crippen molar-refractivity contribution in [3.05, 3.63) is 45.7 Å². The summed E-state index contributed by atoms with van der Waals surface area (Å²) in [6, 6.07) is 1.56. The molecule has 1 N–H and O–H groups in total. The first-order valence-corrected chi connectivity index (χ1v) is 8.90. The molecule has 0 fully saturated rings. The van der Waals surface area contributed by atoms with Crippen molar-refractivity contribution in [2.75, 3.05) is 14.2 Å². The van der Waals surface area contributed by atoms with Crippen molar-refractivity contribution in [1.29, 1.82) is 0 Å². The van der Waals surface area contributed by atoms with E-state index in [9.17, 15) is 14.4 Å². The second-order valence-corrected chi connectivity index (χ2v) is 6.91. The molecule has 2 aromatic rings. The number of amides is 1. The highest BCUT2D eigenvalue weighted by Crippen LogP contribution is 2.22. The van der Waals surface area contributed by atoms with Gasteiger partial charge in [0.25, 0.3) is 5.91 Å². The van der Waals surface area contributed by atoms with Crippen molar-refractivity contribution in [3.63, 3.8) is 0 Å². The molecule has 2 aromatic heterocycles.